The van der Waals surface area contributed by atoms with E-state index in [1.54, 1.807) is 64.2 Å². The molecular weight excluding hydrogens is 713 g/mol. The Labute approximate surface area is 314 Å². The minimum Gasteiger partial charge on any atom is -0.454 e. The first-order valence-electron chi connectivity index (χ1n) is 18.1. The van der Waals surface area contributed by atoms with Crippen molar-refractivity contribution >= 4 is 54.8 Å². The van der Waals surface area contributed by atoms with Gasteiger partial charge < -0.3 is 28.5 Å². The molecule has 4 aromatic rings. The van der Waals surface area contributed by atoms with Crippen molar-refractivity contribution < 1.29 is 33.1 Å². The van der Waals surface area contributed by atoms with Crippen molar-refractivity contribution in [1.29, 1.82) is 0 Å². The molecular formula is C41H41ClFN3O6Si. The Balaban J connectivity index is 1.11. The topological polar surface area (TPSA) is 99.6 Å². The van der Waals surface area contributed by atoms with E-state index >= 15 is 4.11 Å². The van der Waals surface area contributed by atoms with Gasteiger partial charge in [0.15, 0.2) is 11.4 Å². The molecule has 2 saturated heterocycles. The smallest absolute Gasteiger partial charge is 0.266 e. The maximum absolute atomic E-state index is 16.4. The SMILES string of the molecule is C[C@H]1[C@H]([Si](C)(C)F)[C@@H](CC(=O)N2CCC[C@H]2CO)O[C@]12C(=O)N(Cc1ccc(N3C(=O)c4ccccc4Oc4ccccc43)cc1)c1ccc(Cl)cc12. The molecule has 0 radical (unpaired) electrons. The monoisotopic (exact) mass is 753 g/mol. The summed E-state index contributed by atoms with van der Waals surface area (Å²) in [5.74, 6) is -0.319. The molecule has 12 heteroatoms. The van der Waals surface area contributed by atoms with Crippen LogP contribution in [0.3, 0.4) is 0 Å². The van der Waals surface area contributed by atoms with E-state index in [9.17, 15) is 19.5 Å². The number of nitrogens with zero attached hydrogens (tertiary/aromatic N) is 3. The molecule has 274 valence electrons. The lowest BCUT2D eigenvalue weighted by Gasteiger charge is -2.31. The molecule has 0 saturated carbocycles. The molecule has 4 heterocycles. The van der Waals surface area contributed by atoms with Crippen molar-refractivity contribution in [2.24, 2.45) is 5.92 Å². The van der Waals surface area contributed by atoms with Crippen molar-refractivity contribution in [2.45, 2.75) is 69.1 Å². The van der Waals surface area contributed by atoms with Crippen LogP contribution in [0.4, 0.5) is 21.2 Å². The van der Waals surface area contributed by atoms with E-state index in [1.165, 1.54) is 0 Å². The summed E-state index contributed by atoms with van der Waals surface area (Å²) in [5, 5.41) is 10.3. The van der Waals surface area contributed by atoms with Gasteiger partial charge in [-0.25, -0.2) is 0 Å². The average Bonchev–Trinajstić information content (AvgIpc) is 3.77. The second-order valence-electron chi connectivity index (χ2n) is 15.0. The van der Waals surface area contributed by atoms with Crippen molar-refractivity contribution in [1.82, 2.24) is 4.90 Å². The van der Waals surface area contributed by atoms with Gasteiger partial charge in [-0.05, 0) is 86.1 Å². The van der Waals surface area contributed by atoms with E-state index in [0.29, 0.717) is 57.7 Å². The number of hydrogen-bond acceptors (Lipinski definition) is 6. The number of carbonyl (C=O) groups excluding carboxylic acids is 3. The third-order valence-electron chi connectivity index (χ3n) is 11.4. The first-order chi connectivity index (χ1) is 25.4. The summed E-state index contributed by atoms with van der Waals surface area (Å²) in [6.45, 7) is 5.65. The molecule has 53 heavy (non-hydrogen) atoms. The van der Waals surface area contributed by atoms with Crippen LogP contribution in [0.2, 0.25) is 23.7 Å². The van der Waals surface area contributed by atoms with Crippen molar-refractivity contribution in [3.8, 4) is 11.5 Å². The lowest BCUT2D eigenvalue weighted by atomic mass is 9.82. The summed E-state index contributed by atoms with van der Waals surface area (Å²) in [6, 6.07) is 26.9. The number of ether oxygens (including phenoxy) is 2. The molecule has 5 atom stereocenters. The van der Waals surface area contributed by atoms with Crippen molar-refractivity contribution in [3.05, 3.63) is 113 Å². The van der Waals surface area contributed by atoms with Crippen LogP contribution >= 0.6 is 11.6 Å². The molecule has 1 spiro atoms. The normalized spacial score (nSPS) is 25.0. The third-order valence-corrected chi connectivity index (χ3v) is 14.1. The molecule has 0 aliphatic carbocycles. The molecule has 4 aromatic carbocycles. The van der Waals surface area contributed by atoms with Gasteiger partial charge in [0.2, 0.25) is 14.3 Å². The predicted molar refractivity (Wildman–Crippen MR) is 203 cm³/mol. The highest BCUT2D eigenvalue weighted by molar-refractivity contribution is 6.72. The molecule has 9 nitrogen and oxygen atoms in total. The number of aliphatic hydroxyl groups is 1. The van der Waals surface area contributed by atoms with Gasteiger partial charge in [-0.15, -0.1) is 0 Å². The van der Waals surface area contributed by atoms with Crippen LogP contribution in [-0.2, 0) is 26.5 Å². The number of fused-ring (bicyclic) bond motifs is 4. The highest BCUT2D eigenvalue weighted by atomic mass is 35.5. The quantitative estimate of drug-likeness (QED) is 0.151. The van der Waals surface area contributed by atoms with E-state index in [2.05, 4.69) is 0 Å². The standard InChI is InChI=1S/C41H41ClFN3O6Si/c1-25-38(53(2,3)43)36(22-37(48)44-20-8-9-29(44)24-47)52-41(25)31-21-27(42)16-19-32(31)45(40(41)50)23-26-14-17-28(18-15-26)46-33-11-5-7-13-35(33)51-34-12-6-4-10-30(34)39(46)49/h4-7,10-19,21,25,29,36,38,47H,8-9,20,22-24H2,1-3H3/t25-,29-,36+,38-,41+/m0/s1. The van der Waals surface area contributed by atoms with Gasteiger partial charge in [-0.3, -0.25) is 19.3 Å². The van der Waals surface area contributed by atoms with Gasteiger partial charge in [0.25, 0.3) is 11.8 Å². The molecule has 2 fully saturated rings. The number of para-hydroxylation sites is 3. The molecule has 0 aromatic heterocycles. The van der Waals surface area contributed by atoms with Crippen LogP contribution < -0.4 is 14.5 Å². The molecule has 8 rings (SSSR count). The fourth-order valence-electron chi connectivity index (χ4n) is 9.02. The Bertz CT molecular complexity index is 2110. The second kappa shape index (κ2) is 13.4. The zero-order chi connectivity index (χ0) is 37.2. The number of anilines is 3. The number of amides is 3. The van der Waals surface area contributed by atoms with Crippen LogP contribution in [0.25, 0.3) is 0 Å². The Kier molecular flexibility index (Phi) is 8.96. The number of likely N-dealkylation sites (tertiary alicyclic amines) is 1. The summed E-state index contributed by atoms with van der Waals surface area (Å²) in [5.41, 5.74) is 1.46. The molecule has 0 bridgehead atoms. The molecule has 0 unspecified atom stereocenters. The van der Waals surface area contributed by atoms with Gasteiger partial charge in [0.05, 0.1) is 48.7 Å². The summed E-state index contributed by atoms with van der Waals surface area (Å²) in [7, 11) is -3.51. The molecule has 4 aliphatic rings. The summed E-state index contributed by atoms with van der Waals surface area (Å²) < 4.78 is 29.3. The van der Waals surface area contributed by atoms with Crippen LogP contribution in [0, 0.1) is 5.92 Å². The Morgan fingerprint density at radius 3 is 2.43 bits per heavy atom. The van der Waals surface area contributed by atoms with Gasteiger partial charge in [-0.1, -0.05) is 54.9 Å². The summed E-state index contributed by atoms with van der Waals surface area (Å²) in [4.78, 5) is 47.4. The minimum absolute atomic E-state index is 0.0773. The number of rotatable bonds is 7. The largest absolute Gasteiger partial charge is 0.454 e. The van der Waals surface area contributed by atoms with E-state index in [1.807, 2.05) is 61.5 Å². The Morgan fingerprint density at radius 2 is 1.70 bits per heavy atom. The minimum atomic E-state index is -3.51. The highest BCUT2D eigenvalue weighted by Crippen LogP contribution is 2.60. The molecule has 4 aliphatic heterocycles. The van der Waals surface area contributed by atoms with Gasteiger partial charge in [0, 0.05) is 34.3 Å². The van der Waals surface area contributed by atoms with E-state index in [0.717, 1.165) is 12.0 Å². The number of hydrogen-bond donors (Lipinski definition) is 1. The zero-order valence-corrected chi connectivity index (χ0v) is 31.6. The van der Waals surface area contributed by atoms with Crippen LogP contribution in [0.1, 0.15) is 47.7 Å². The first kappa shape index (κ1) is 35.5. The summed E-state index contributed by atoms with van der Waals surface area (Å²) >= 11 is 6.56. The van der Waals surface area contributed by atoms with E-state index in [-0.39, 0.29) is 43.3 Å². The number of aliphatic hydroxyl groups excluding tert-OH is 1. The van der Waals surface area contributed by atoms with Gasteiger partial charge >= 0.3 is 0 Å². The van der Waals surface area contributed by atoms with Gasteiger partial charge in [-0.2, -0.15) is 0 Å². The fourth-order valence-corrected chi connectivity index (χ4v) is 11.7. The number of halogens is 2. The lowest BCUT2D eigenvalue weighted by molar-refractivity contribution is -0.150. The van der Waals surface area contributed by atoms with Crippen LogP contribution in [0.15, 0.2) is 91.0 Å². The van der Waals surface area contributed by atoms with E-state index in [4.69, 9.17) is 21.1 Å². The average molecular weight is 754 g/mol. The van der Waals surface area contributed by atoms with Gasteiger partial charge in [0.1, 0.15) is 5.75 Å². The number of benzene rings is 4. The maximum atomic E-state index is 16.4. The van der Waals surface area contributed by atoms with E-state index < -0.39 is 31.6 Å². The first-order valence-corrected chi connectivity index (χ1v) is 21.4. The van der Waals surface area contributed by atoms with Crippen molar-refractivity contribution in [2.75, 3.05) is 23.0 Å². The van der Waals surface area contributed by atoms with Crippen LogP contribution in [0.5, 0.6) is 11.5 Å². The highest BCUT2D eigenvalue weighted by Gasteiger charge is 2.67. The second-order valence-corrected chi connectivity index (χ2v) is 19.2. The maximum Gasteiger partial charge on any atom is 0.266 e. The third kappa shape index (κ3) is 5.85. The Hall–Kier alpha value is -4.55. The summed E-state index contributed by atoms with van der Waals surface area (Å²) in [6.07, 6.45) is 0.597. The predicted octanol–water partition coefficient (Wildman–Crippen LogP) is 8.12. The fraction of sp³-hybridized carbons (Fsp3) is 0.341. The molecule has 1 N–H and O–H groups in total. The van der Waals surface area contributed by atoms with Crippen LogP contribution in [-0.4, -0.2) is 61.4 Å². The zero-order valence-electron chi connectivity index (χ0n) is 29.8. The Morgan fingerprint density at radius 1 is 0.981 bits per heavy atom. The lowest BCUT2D eigenvalue weighted by Crippen LogP contribution is -2.45. The van der Waals surface area contributed by atoms with Crippen molar-refractivity contribution in [3.63, 3.8) is 0 Å². The molecule has 3 amide bonds. The number of carbonyl (C=O) groups is 3.